The van der Waals surface area contributed by atoms with Crippen LogP contribution in [0.1, 0.15) is 117 Å². The number of carboxylic acids is 1. The summed E-state index contributed by atoms with van der Waals surface area (Å²) >= 11 is 0. The molecule has 0 unspecified atom stereocenters. The third-order valence-corrected chi connectivity index (χ3v) is 13.2. The molecule has 11 N–H and O–H groups in total. The van der Waals surface area contributed by atoms with Gasteiger partial charge in [0, 0.05) is 88.2 Å². The average molecular weight is 1190 g/mol. The Balaban J connectivity index is 1.57. The van der Waals surface area contributed by atoms with Gasteiger partial charge < -0.3 is 67.5 Å². The fourth-order valence-electron chi connectivity index (χ4n) is 8.99. The van der Waals surface area contributed by atoms with Gasteiger partial charge in [-0.3, -0.25) is 52.7 Å². The first-order valence-corrected chi connectivity index (χ1v) is 27.2. The van der Waals surface area contributed by atoms with E-state index in [0.717, 1.165) is 23.8 Å². The molecule has 1 saturated heterocycles. The molecular formula is C56H73F2N11O16. The molecule has 462 valence electrons. The van der Waals surface area contributed by atoms with Gasteiger partial charge in [-0.25, -0.2) is 18.4 Å². The zero-order valence-electron chi connectivity index (χ0n) is 47.9. The van der Waals surface area contributed by atoms with Crippen LogP contribution in [0.4, 0.5) is 8.78 Å². The van der Waals surface area contributed by atoms with E-state index in [4.69, 9.17) is 10.6 Å². The van der Waals surface area contributed by atoms with E-state index in [2.05, 4.69) is 37.2 Å². The molecule has 2 aromatic carbocycles. The summed E-state index contributed by atoms with van der Waals surface area (Å²) in [6.07, 6.45) is -1.67. The van der Waals surface area contributed by atoms with Crippen LogP contribution in [-0.2, 0) is 73.7 Å². The lowest BCUT2D eigenvalue weighted by molar-refractivity contribution is -0.197. The summed E-state index contributed by atoms with van der Waals surface area (Å²) in [6, 6.07) is 5.11. The molecule has 29 heteroatoms. The van der Waals surface area contributed by atoms with E-state index in [1.165, 1.54) is 25.7 Å². The number of halogens is 2. The van der Waals surface area contributed by atoms with Crippen molar-refractivity contribution in [3.8, 4) is 11.1 Å². The number of nitrogens with one attached hydrogen (secondary N) is 7. The van der Waals surface area contributed by atoms with Crippen LogP contribution in [-0.4, -0.2) is 158 Å². The summed E-state index contributed by atoms with van der Waals surface area (Å²) in [4.78, 5) is 171. The number of aromatic nitrogens is 1. The van der Waals surface area contributed by atoms with E-state index in [0.29, 0.717) is 10.8 Å². The summed E-state index contributed by atoms with van der Waals surface area (Å²) in [5.74, 6) is -13.2. The smallest absolute Gasteiger partial charge is 0.333 e. The van der Waals surface area contributed by atoms with Crippen molar-refractivity contribution in [3.63, 3.8) is 0 Å². The van der Waals surface area contributed by atoms with Crippen LogP contribution in [0, 0.1) is 17.0 Å². The van der Waals surface area contributed by atoms with Crippen LogP contribution >= 0.6 is 0 Å². The van der Waals surface area contributed by atoms with Crippen LogP contribution in [0.2, 0.25) is 0 Å². The zero-order valence-corrected chi connectivity index (χ0v) is 47.9. The van der Waals surface area contributed by atoms with Gasteiger partial charge in [-0.05, 0) is 68.4 Å². The van der Waals surface area contributed by atoms with Gasteiger partial charge in [0.25, 0.3) is 11.8 Å². The number of carboxylic acid groups (broad SMARTS) is 1. The molecule has 6 atom stereocenters. The minimum Gasteiger partial charge on any atom is -0.480 e. The zero-order chi connectivity index (χ0) is 63.3. The monoisotopic (exact) mass is 1190 g/mol. The minimum absolute atomic E-state index is 0.0930. The average Bonchev–Trinajstić information content (AvgIpc) is 2.90. The molecule has 27 nitrogen and oxygen atoms in total. The summed E-state index contributed by atoms with van der Waals surface area (Å²) in [6.45, 7) is 7.13. The number of hydroxylamine groups is 2. The molecule has 0 spiro atoms. The highest BCUT2D eigenvalue weighted by atomic mass is 19.1. The lowest BCUT2D eigenvalue weighted by Gasteiger charge is -2.41. The van der Waals surface area contributed by atoms with Gasteiger partial charge in [0.05, 0.1) is 12.5 Å². The number of rotatable bonds is 32. The van der Waals surface area contributed by atoms with Gasteiger partial charge in [-0.1, -0.05) is 51.1 Å². The number of carbonyl (C=O) groups excluding carboxylic acids is 12. The predicted molar refractivity (Wildman–Crippen MR) is 295 cm³/mol. The van der Waals surface area contributed by atoms with Crippen molar-refractivity contribution in [2.24, 2.45) is 11.1 Å². The Morgan fingerprint density at radius 3 is 1.96 bits per heavy atom. The summed E-state index contributed by atoms with van der Waals surface area (Å²) in [5, 5.41) is 37.4. The van der Waals surface area contributed by atoms with Crippen molar-refractivity contribution >= 4 is 76.9 Å². The first-order valence-electron chi connectivity index (χ1n) is 27.2. The van der Waals surface area contributed by atoms with Gasteiger partial charge in [0.2, 0.25) is 53.2 Å². The van der Waals surface area contributed by atoms with E-state index in [1.54, 1.807) is 55.8 Å². The fraction of sp³-hybridized carbons (Fsp3) is 0.482. The predicted octanol–water partition coefficient (Wildman–Crippen LogP) is 0.0136. The number of hydrogen-bond acceptors (Lipinski definition) is 15. The van der Waals surface area contributed by atoms with E-state index in [1.807, 2.05) is 12.1 Å². The van der Waals surface area contributed by atoms with Crippen LogP contribution in [0.5, 0.6) is 0 Å². The van der Waals surface area contributed by atoms with Crippen molar-refractivity contribution < 1.29 is 86.2 Å². The molecular weight excluding hydrogens is 1120 g/mol. The molecule has 0 radical (unpaired) electrons. The van der Waals surface area contributed by atoms with Gasteiger partial charge in [0.15, 0.2) is 0 Å². The number of nitrogens with two attached hydrogens (primary N) is 1. The highest BCUT2D eigenvalue weighted by Gasteiger charge is 2.39. The van der Waals surface area contributed by atoms with Gasteiger partial charge in [-0.15, -0.1) is 5.06 Å². The molecule has 3 aromatic rings. The number of aliphatic hydroxyl groups is 1. The number of aliphatic hydroxyl groups excluding tert-OH is 1. The lowest BCUT2D eigenvalue weighted by Crippen LogP contribution is -2.58. The minimum atomic E-state index is -1.78. The number of imide groups is 1. The molecule has 1 aromatic heterocycles. The van der Waals surface area contributed by atoms with Crippen molar-refractivity contribution in [1.29, 1.82) is 0 Å². The van der Waals surface area contributed by atoms with E-state index in [9.17, 15) is 76.9 Å². The Hall–Kier alpha value is -9.15. The fourth-order valence-corrected chi connectivity index (χ4v) is 8.99. The van der Waals surface area contributed by atoms with Crippen LogP contribution in [0.25, 0.3) is 11.1 Å². The molecule has 2 heterocycles. The van der Waals surface area contributed by atoms with Crippen LogP contribution < -0.4 is 43.0 Å². The number of aliphatic carboxylic acids is 1. The second-order valence-electron chi connectivity index (χ2n) is 21.2. The Kier molecular flexibility index (Phi) is 25.8. The first kappa shape index (κ1) is 68.3. The topological polar surface area (TPSA) is 393 Å². The quantitative estimate of drug-likeness (QED) is 0.0291. The van der Waals surface area contributed by atoms with Crippen molar-refractivity contribution in [2.45, 2.75) is 142 Å². The van der Waals surface area contributed by atoms with Crippen molar-refractivity contribution in [2.75, 3.05) is 26.2 Å². The Bertz CT molecular complexity index is 2950. The number of primary amides is 1. The van der Waals surface area contributed by atoms with Crippen molar-refractivity contribution in [1.82, 2.24) is 51.7 Å². The van der Waals surface area contributed by atoms with E-state index in [-0.39, 0.29) is 62.9 Å². The number of carbonyl (C=O) groups is 13. The number of benzene rings is 2. The highest BCUT2D eigenvalue weighted by Crippen LogP contribution is 2.41. The Morgan fingerprint density at radius 1 is 0.729 bits per heavy atom. The van der Waals surface area contributed by atoms with Crippen LogP contribution in [0.3, 0.4) is 0 Å². The molecule has 85 heavy (non-hydrogen) atoms. The van der Waals surface area contributed by atoms with Gasteiger partial charge >= 0.3 is 11.9 Å². The number of hydrogen-bond donors (Lipinski definition) is 10. The number of nitrogens with zero attached hydrogens (tertiary/aromatic N) is 3. The first-order chi connectivity index (χ1) is 40.0. The van der Waals surface area contributed by atoms with E-state index < -0.39 is 169 Å². The van der Waals surface area contributed by atoms with Crippen molar-refractivity contribution in [3.05, 3.63) is 83.7 Å². The molecule has 0 aliphatic carbocycles. The maximum atomic E-state index is 15.4. The molecule has 0 saturated carbocycles. The highest BCUT2D eigenvalue weighted by molar-refractivity contribution is 6.01. The molecule has 4 rings (SSSR count). The number of amides is 11. The molecule has 0 bridgehead atoms. The largest absolute Gasteiger partial charge is 0.480 e. The SMILES string of the molecule is CC(=O)N[C@@H](C)C(=O)N[C@H](C)C(=O)N[C@@H](CC(N)=O)C(=O)N[C@@H](CCN(C(=O)CO)[C@@H](c1cc(-c2cc(F)ccc2F)cn1Cc1ccccc1)C(C)(C)C)C(=O)NCCNC(=O)CC[C@H](NC(=O)CCCC(=O)ON1C(=O)CCC1=O)C(=O)O. The second kappa shape index (κ2) is 32.1. The van der Waals surface area contributed by atoms with E-state index >= 15 is 4.39 Å². The van der Waals surface area contributed by atoms with Gasteiger partial charge in [-0.2, -0.15) is 0 Å². The molecule has 11 amide bonds. The third-order valence-electron chi connectivity index (χ3n) is 13.2. The second-order valence-corrected chi connectivity index (χ2v) is 21.2. The molecule has 1 aliphatic heterocycles. The maximum absolute atomic E-state index is 15.4. The molecule has 1 fully saturated rings. The Labute approximate surface area is 487 Å². The summed E-state index contributed by atoms with van der Waals surface area (Å²) < 4.78 is 31.8. The normalized spacial score (nSPS) is 14.3. The lowest BCUT2D eigenvalue weighted by atomic mass is 9.82. The third kappa shape index (κ3) is 21.5. The Morgan fingerprint density at radius 2 is 1.35 bits per heavy atom. The molecule has 1 aliphatic rings. The standard InChI is InChI=1S/C56H73F2N11O16/c1-31(62-33(3)71)51(79)63-32(2)52(80)66-41(27-43(59)72)54(82)65-39(53(81)61-23-22-60-44(73)18-17-40(55(83)84)64-45(74)13-10-14-49(78)85-69-46(75)19-20-47(69)76)21-24-68(48(77)30-70)50(56(4,5)6)42-25-35(37-26-36(57)15-16-38(37)58)29-67(42)28-34-11-8-7-9-12-34/h7-9,11-12,15-16,25-26,29,31-32,39-41,50,70H,10,13-14,17-24,27-28,30H2,1-6H3,(H2,59,72)(H,60,73)(H,61,81)(H,62,71)(H,63,79)(H,64,74)(H,65,82)(H,66,80)(H,83,84)/t31-,32+,39-,40-,41-,50-/m0/s1. The van der Waals surface area contributed by atoms with Gasteiger partial charge in [0.1, 0.15) is 48.5 Å². The summed E-state index contributed by atoms with van der Waals surface area (Å²) in [5.41, 5.74) is 5.86. The van der Waals surface area contributed by atoms with Crippen LogP contribution in [0.15, 0.2) is 60.8 Å². The summed E-state index contributed by atoms with van der Waals surface area (Å²) in [7, 11) is 0. The maximum Gasteiger partial charge on any atom is 0.333 e.